The van der Waals surface area contributed by atoms with Crippen molar-refractivity contribution in [2.75, 3.05) is 38.0 Å². The van der Waals surface area contributed by atoms with E-state index in [0.717, 1.165) is 21.7 Å². The summed E-state index contributed by atoms with van der Waals surface area (Å²) in [7, 11) is 0. The Morgan fingerprint density at radius 3 is 2.51 bits per heavy atom. The highest BCUT2D eigenvalue weighted by Gasteiger charge is 2.66. The van der Waals surface area contributed by atoms with E-state index < -0.39 is 75.4 Å². The van der Waals surface area contributed by atoms with E-state index in [1.165, 1.54) is 47.6 Å². The molecule has 1 aromatic heterocycles. The number of aryl methyl sites for hydroxylation is 1. The lowest BCUT2D eigenvalue weighted by Crippen LogP contribution is -2.60. The summed E-state index contributed by atoms with van der Waals surface area (Å²) in [5, 5.41) is 50.3. The van der Waals surface area contributed by atoms with Gasteiger partial charge in [0.25, 0.3) is 0 Å². The number of carbonyl (C=O) groups excluding carboxylic acids is 5. The van der Waals surface area contributed by atoms with Gasteiger partial charge in [0.15, 0.2) is 28.8 Å². The largest absolute Gasteiger partial charge is 0.504 e. The van der Waals surface area contributed by atoms with Crippen molar-refractivity contribution in [2.24, 2.45) is 11.1 Å². The number of rotatable bonds is 17. The maximum absolute atomic E-state index is 13.5. The number of aliphatic carboxylic acids is 2. The van der Waals surface area contributed by atoms with Crippen LogP contribution in [0.3, 0.4) is 0 Å². The topological polar surface area (TPSA) is 281 Å². The van der Waals surface area contributed by atoms with Crippen LogP contribution in [0.2, 0.25) is 5.02 Å². The minimum absolute atomic E-state index is 0.0530. The third kappa shape index (κ3) is 8.65. The quantitative estimate of drug-likeness (QED) is 0.0299. The molecule has 5 rings (SSSR count). The van der Waals surface area contributed by atoms with Gasteiger partial charge in [0.2, 0.25) is 16.4 Å². The van der Waals surface area contributed by atoms with Crippen LogP contribution >= 0.6 is 34.7 Å². The van der Waals surface area contributed by atoms with Crippen LogP contribution in [0.25, 0.3) is 0 Å². The number of benzene rings is 1. The molecule has 3 atom stereocenters. The van der Waals surface area contributed by atoms with Crippen molar-refractivity contribution in [2.45, 2.75) is 55.9 Å². The number of fused-ring (bicyclic) bond motifs is 1. The van der Waals surface area contributed by atoms with E-state index in [1.54, 1.807) is 6.92 Å². The molecule has 0 saturated carbocycles. The van der Waals surface area contributed by atoms with Crippen molar-refractivity contribution in [1.82, 2.24) is 30.5 Å². The Morgan fingerprint density at radius 2 is 1.87 bits per heavy atom. The van der Waals surface area contributed by atoms with Crippen molar-refractivity contribution in [3.05, 3.63) is 33.2 Å². The molecule has 296 valence electrons. The Bertz CT molecular complexity index is 1940. The summed E-state index contributed by atoms with van der Waals surface area (Å²) >= 11 is 7.84. The Balaban J connectivity index is 1.14. The Kier molecular flexibility index (Phi) is 12.0. The number of oxime groups is 1. The molecule has 4 heterocycles. The van der Waals surface area contributed by atoms with Gasteiger partial charge in [-0.25, -0.2) is 34.6 Å². The second-order valence-corrected chi connectivity index (χ2v) is 16.0. The number of hydrogen-bond acceptors (Lipinski definition) is 15. The molecular weight excluding hydrogens is 788 g/mol. The number of urea groups is 2. The number of aromatic hydroxyl groups is 2. The van der Waals surface area contributed by atoms with Crippen molar-refractivity contribution < 1.29 is 58.8 Å². The average molecular weight is 825 g/mol. The average Bonchev–Trinajstić information content (AvgIpc) is 3.82. The van der Waals surface area contributed by atoms with Crippen molar-refractivity contribution in [3.8, 4) is 11.5 Å². The molecule has 20 nitrogen and oxygen atoms in total. The van der Waals surface area contributed by atoms with Gasteiger partial charge in [-0.2, -0.15) is 0 Å². The van der Waals surface area contributed by atoms with Gasteiger partial charge in [0, 0.05) is 43.1 Å². The molecule has 2 aromatic rings. The van der Waals surface area contributed by atoms with Gasteiger partial charge < -0.3 is 40.8 Å². The molecule has 0 aliphatic carbocycles. The fourth-order valence-corrected chi connectivity index (χ4v) is 8.27. The second-order valence-electron chi connectivity index (χ2n) is 13.2. The van der Waals surface area contributed by atoms with Crippen LogP contribution in [-0.4, -0.2) is 136 Å². The molecule has 0 unspecified atom stereocenters. The van der Waals surface area contributed by atoms with Crippen LogP contribution in [0.1, 0.15) is 43.8 Å². The molecule has 0 spiro atoms. The molecule has 3 aliphatic heterocycles. The predicted molar refractivity (Wildman–Crippen MR) is 196 cm³/mol. The van der Waals surface area contributed by atoms with Crippen LogP contribution in [-0.2, 0) is 28.8 Å². The summed E-state index contributed by atoms with van der Waals surface area (Å²) < 4.78 is 0. The fourth-order valence-electron chi connectivity index (χ4n) is 5.77. The standard InChI is InChI=1S/C32H37ClN8O12S2/c1-15-36-20(13-54-15)23(38-53-31(2,3)27(47)48)21(43)11-18-25(46)39-14-32(28(49)50,55-26(18)39)40-7-8-41(30(40)52)37-29(51)35-12-17(42)5-4-6-34-16-9-19(33)24(45)22(44)10-16/h9-10,13,18,26,34,44-45H,4-8,11-12,14H2,1-3H3,(H,47,48)(H,49,50)(H2,35,37,51)/b38-23-/t18-,26-,32-/m1/s1. The number of β-lactam (4-membered cyclic amide) rings is 1. The second kappa shape index (κ2) is 16.2. The number of phenols is 2. The summed E-state index contributed by atoms with van der Waals surface area (Å²) in [5.41, 5.74) is 0.769. The minimum atomic E-state index is -1.95. The molecule has 0 radical (unpaired) electrons. The van der Waals surface area contributed by atoms with Gasteiger partial charge in [-0.05, 0) is 33.3 Å². The number of carboxylic acid groups (broad SMARTS) is 2. The molecule has 23 heteroatoms. The van der Waals surface area contributed by atoms with E-state index >= 15 is 0 Å². The van der Waals surface area contributed by atoms with Crippen LogP contribution in [0.5, 0.6) is 11.5 Å². The van der Waals surface area contributed by atoms with E-state index in [9.17, 15) is 54.0 Å². The minimum Gasteiger partial charge on any atom is -0.504 e. The summed E-state index contributed by atoms with van der Waals surface area (Å²) in [6.07, 6.45) is -0.00671. The maximum atomic E-state index is 13.5. The first-order chi connectivity index (χ1) is 25.8. The van der Waals surface area contributed by atoms with E-state index in [4.69, 9.17) is 16.4 Å². The molecule has 0 bridgehead atoms. The number of nitrogens with zero attached hydrogens (tertiary/aromatic N) is 5. The summed E-state index contributed by atoms with van der Waals surface area (Å²) in [4.78, 5) is 99.2. The van der Waals surface area contributed by atoms with Gasteiger partial charge >= 0.3 is 24.0 Å². The number of carbonyl (C=O) groups is 7. The zero-order valence-corrected chi connectivity index (χ0v) is 31.9. The number of carboxylic acids is 2. The van der Waals surface area contributed by atoms with Gasteiger partial charge in [-0.1, -0.05) is 28.5 Å². The zero-order valence-electron chi connectivity index (χ0n) is 29.5. The van der Waals surface area contributed by atoms with E-state index in [-0.39, 0.29) is 54.8 Å². The smallest absolute Gasteiger partial charge is 0.350 e. The first-order valence-electron chi connectivity index (χ1n) is 16.6. The van der Waals surface area contributed by atoms with Crippen molar-refractivity contribution in [1.29, 1.82) is 0 Å². The fraction of sp³-hybridized carbons (Fsp3) is 0.469. The monoisotopic (exact) mass is 824 g/mol. The molecule has 7 N–H and O–H groups in total. The molecule has 3 saturated heterocycles. The van der Waals surface area contributed by atoms with Crippen LogP contribution in [0.4, 0.5) is 15.3 Å². The lowest BCUT2D eigenvalue weighted by Gasteiger charge is -2.40. The normalized spacial score (nSPS) is 20.9. The molecule has 55 heavy (non-hydrogen) atoms. The Morgan fingerprint density at radius 1 is 1.15 bits per heavy atom. The van der Waals surface area contributed by atoms with Gasteiger partial charge in [0.1, 0.15) is 5.69 Å². The van der Waals surface area contributed by atoms with Crippen LogP contribution in [0, 0.1) is 12.8 Å². The lowest BCUT2D eigenvalue weighted by atomic mass is 9.90. The van der Waals surface area contributed by atoms with E-state index in [2.05, 4.69) is 26.2 Å². The number of hydrogen-bond donors (Lipinski definition) is 7. The van der Waals surface area contributed by atoms with Gasteiger partial charge in [0.05, 0.1) is 41.0 Å². The lowest BCUT2D eigenvalue weighted by molar-refractivity contribution is -0.161. The zero-order chi connectivity index (χ0) is 40.4. The van der Waals surface area contributed by atoms with E-state index in [0.29, 0.717) is 23.7 Å². The predicted octanol–water partition coefficient (Wildman–Crippen LogP) is 1.78. The number of hydrazine groups is 1. The third-order valence-corrected chi connectivity index (χ3v) is 11.6. The number of ketones is 2. The number of Topliss-reactive ketones (excluding diaryl/α,β-unsaturated/α-hetero) is 2. The molecule has 3 fully saturated rings. The Labute approximate surface area is 325 Å². The molecule has 5 amide bonds. The number of thioether (sulfide) groups is 1. The van der Waals surface area contributed by atoms with Crippen molar-refractivity contribution >= 4 is 87.6 Å². The summed E-state index contributed by atoms with van der Waals surface area (Å²) in [6, 6.07) is 0.918. The number of phenolic OH excluding ortho intramolecular Hbond substituents is 2. The van der Waals surface area contributed by atoms with Crippen LogP contribution < -0.4 is 16.1 Å². The number of nitrogens with one attached hydrogen (secondary N) is 3. The van der Waals surface area contributed by atoms with Crippen molar-refractivity contribution in [3.63, 3.8) is 0 Å². The van der Waals surface area contributed by atoms with Gasteiger partial charge in [-0.3, -0.25) is 19.3 Å². The summed E-state index contributed by atoms with van der Waals surface area (Å²) in [5.74, 6) is -6.16. The van der Waals surface area contributed by atoms with Gasteiger partial charge in [-0.15, -0.1) is 11.3 Å². The molecule has 3 aliphatic rings. The number of amides is 5. The van der Waals surface area contributed by atoms with Crippen LogP contribution in [0.15, 0.2) is 22.7 Å². The highest BCUT2D eigenvalue weighted by molar-refractivity contribution is 8.02. The molecule has 1 aromatic carbocycles. The Hall–Kier alpha value is -5.35. The number of thiazole rings is 1. The SMILES string of the molecule is Cc1nc(/C(=N/OC(C)(C)C(=O)O)C(=O)C[C@@H]2C(=O)N3C[C@@](C(=O)O)(N4CCN(NC(=O)NCC(=O)CCCNc5cc(O)c(O)c(Cl)c5)C4=O)S[C@H]23)cs1. The maximum Gasteiger partial charge on any atom is 0.350 e. The number of anilines is 1. The summed E-state index contributed by atoms with van der Waals surface area (Å²) in [6.45, 7) is 3.47. The number of halogens is 1. The first-order valence-corrected chi connectivity index (χ1v) is 18.8. The first kappa shape index (κ1) is 40.8. The van der Waals surface area contributed by atoms with E-state index in [1.807, 2.05) is 0 Å². The number of aromatic nitrogens is 1. The highest BCUT2D eigenvalue weighted by Crippen LogP contribution is 2.52. The highest BCUT2D eigenvalue weighted by atomic mass is 35.5. The molecular formula is C32H37ClN8O12S2. The third-order valence-electron chi connectivity index (χ3n) is 8.83.